The Hall–Kier alpha value is -1.95. The molecule has 2 rings (SSSR count). The van der Waals surface area contributed by atoms with Gasteiger partial charge in [0, 0.05) is 11.6 Å². The molecule has 0 saturated heterocycles. The standard InChI is InChI=1S/C15H12F5N/c16-12-3-1-2-11(14(12)17)13(21)8-9-4-6-10(7-5-9)15(18,19)20/h1-7,13H,8,21H2. The maximum Gasteiger partial charge on any atom is 0.416 e. The van der Waals surface area contributed by atoms with Gasteiger partial charge in [0.25, 0.3) is 0 Å². The third kappa shape index (κ3) is 3.58. The van der Waals surface area contributed by atoms with Crippen molar-refractivity contribution in [1.29, 1.82) is 0 Å². The zero-order chi connectivity index (χ0) is 15.6. The Balaban J connectivity index is 2.16. The second kappa shape index (κ2) is 5.81. The lowest BCUT2D eigenvalue weighted by atomic mass is 9.98. The molecule has 0 radical (unpaired) electrons. The first-order valence-corrected chi connectivity index (χ1v) is 6.14. The monoisotopic (exact) mass is 301 g/mol. The molecule has 0 aliphatic heterocycles. The highest BCUT2D eigenvalue weighted by Crippen LogP contribution is 2.29. The molecular formula is C15H12F5N. The summed E-state index contributed by atoms with van der Waals surface area (Å²) in [7, 11) is 0. The van der Waals surface area contributed by atoms with E-state index < -0.39 is 29.4 Å². The van der Waals surface area contributed by atoms with Gasteiger partial charge < -0.3 is 5.73 Å². The highest BCUT2D eigenvalue weighted by Gasteiger charge is 2.30. The summed E-state index contributed by atoms with van der Waals surface area (Å²) in [5.41, 5.74) is 5.53. The largest absolute Gasteiger partial charge is 0.416 e. The Bertz CT molecular complexity index is 619. The molecule has 1 unspecified atom stereocenters. The molecule has 0 fully saturated rings. The average molecular weight is 301 g/mol. The van der Waals surface area contributed by atoms with Crippen molar-refractivity contribution in [2.75, 3.05) is 0 Å². The van der Waals surface area contributed by atoms with E-state index in [-0.39, 0.29) is 12.0 Å². The first-order valence-electron chi connectivity index (χ1n) is 6.14. The Kier molecular flexibility index (Phi) is 4.27. The van der Waals surface area contributed by atoms with E-state index in [1.807, 2.05) is 0 Å². The molecule has 1 nitrogen and oxygen atoms in total. The summed E-state index contributed by atoms with van der Waals surface area (Å²) in [5.74, 6) is -2.03. The van der Waals surface area contributed by atoms with Gasteiger partial charge in [-0.1, -0.05) is 24.3 Å². The number of nitrogens with two attached hydrogens (primary N) is 1. The van der Waals surface area contributed by atoms with E-state index in [1.165, 1.54) is 24.3 Å². The maximum atomic E-state index is 13.6. The first-order chi connectivity index (χ1) is 9.79. The second-order valence-electron chi connectivity index (χ2n) is 4.65. The van der Waals surface area contributed by atoms with E-state index in [0.29, 0.717) is 5.56 Å². The van der Waals surface area contributed by atoms with Crippen molar-refractivity contribution in [3.8, 4) is 0 Å². The Morgan fingerprint density at radius 3 is 2.14 bits per heavy atom. The van der Waals surface area contributed by atoms with E-state index in [4.69, 9.17) is 5.73 Å². The van der Waals surface area contributed by atoms with Crippen molar-refractivity contribution in [2.24, 2.45) is 5.73 Å². The predicted molar refractivity (Wildman–Crippen MR) is 68.4 cm³/mol. The van der Waals surface area contributed by atoms with E-state index in [9.17, 15) is 22.0 Å². The fourth-order valence-electron chi connectivity index (χ4n) is 2.00. The number of halogens is 5. The molecule has 0 aliphatic rings. The quantitative estimate of drug-likeness (QED) is 0.844. The first kappa shape index (κ1) is 15.4. The Labute approximate surface area is 118 Å². The molecule has 0 bridgehead atoms. The van der Waals surface area contributed by atoms with E-state index in [1.54, 1.807) is 0 Å². The minimum atomic E-state index is -4.41. The molecule has 0 heterocycles. The molecule has 21 heavy (non-hydrogen) atoms. The zero-order valence-electron chi connectivity index (χ0n) is 10.8. The van der Waals surface area contributed by atoms with Crippen LogP contribution in [0.4, 0.5) is 22.0 Å². The predicted octanol–water partition coefficient (Wildman–Crippen LogP) is 4.23. The minimum Gasteiger partial charge on any atom is -0.324 e. The van der Waals surface area contributed by atoms with Crippen molar-refractivity contribution >= 4 is 0 Å². The van der Waals surface area contributed by atoms with Gasteiger partial charge in [0.05, 0.1) is 5.56 Å². The molecule has 1 atom stereocenters. The summed E-state index contributed by atoms with van der Waals surface area (Å²) >= 11 is 0. The van der Waals surface area contributed by atoms with Gasteiger partial charge in [-0.3, -0.25) is 0 Å². The summed E-state index contributed by atoms with van der Waals surface area (Å²) in [4.78, 5) is 0. The van der Waals surface area contributed by atoms with Gasteiger partial charge in [-0.2, -0.15) is 13.2 Å². The van der Waals surface area contributed by atoms with Crippen LogP contribution in [-0.2, 0) is 12.6 Å². The van der Waals surface area contributed by atoms with Gasteiger partial charge in [0.1, 0.15) is 0 Å². The molecule has 0 aliphatic carbocycles. The van der Waals surface area contributed by atoms with Gasteiger partial charge in [0.2, 0.25) is 0 Å². The molecule has 112 valence electrons. The van der Waals surface area contributed by atoms with Crippen molar-refractivity contribution in [3.63, 3.8) is 0 Å². The summed E-state index contributed by atoms with van der Waals surface area (Å²) in [5, 5.41) is 0. The average Bonchev–Trinajstić information content (AvgIpc) is 2.41. The van der Waals surface area contributed by atoms with Crippen LogP contribution in [-0.4, -0.2) is 0 Å². The second-order valence-corrected chi connectivity index (χ2v) is 4.65. The van der Waals surface area contributed by atoms with Gasteiger partial charge in [-0.15, -0.1) is 0 Å². The summed E-state index contributed by atoms with van der Waals surface area (Å²) < 4.78 is 64.0. The fraction of sp³-hybridized carbons (Fsp3) is 0.200. The Morgan fingerprint density at radius 2 is 1.57 bits per heavy atom. The van der Waals surface area contributed by atoms with Gasteiger partial charge in [0.15, 0.2) is 11.6 Å². The number of alkyl halides is 3. The SMILES string of the molecule is NC(Cc1ccc(C(F)(F)F)cc1)c1cccc(F)c1F. The molecule has 0 saturated carbocycles. The molecule has 2 aromatic rings. The van der Waals surface area contributed by atoms with Crippen LogP contribution in [0.2, 0.25) is 0 Å². The lowest BCUT2D eigenvalue weighted by Crippen LogP contribution is -2.16. The lowest BCUT2D eigenvalue weighted by molar-refractivity contribution is -0.137. The molecule has 0 amide bonds. The minimum absolute atomic E-state index is 0.00472. The zero-order valence-corrected chi connectivity index (χ0v) is 10.8. The van der Waals surface area contributed by atoms with Crippen LogP contribution in [0, 0.1) is 11.6 Å². The summed E-state index contributed by atoms with van der Waals surface area (Å²) in [6.07, 6.45) is -4.30. The van der Waals surface area contributed by atoms with E-state index in [2.05, 4.69) is 0 Å². The van der Waals surface area contributed by atoms with Crippen molar-refractivity contribution in [1.82, 2.24) is 0 Å². The lowest BCUT2D eigenvalue weighted by Gasteiger charge is -2.14. The number of benzene rings is 2. The van der Waals surface area contributed by atoms with E-state index >= 15 is 0 Å². The van der Waals surface area contributed by atoms with Crippen molar-refractivity contribution < 1.29 is 22.0 Å². The highest BCUT2D eigenvalue weighted by atomic mass is 19.4. The van der Waals surface area contributed by atoms with Crippen LogP contribution >= 0.6 is 0 Å². The third-order valence-electron chi connectivity index (χ3n) is 3.12. The van der Waals surface area contributed by atoms with Gasteiger partial charge in [-0.05, 0) is 30.2 Å². The van der Waals surface area contributed by atoms with Crippen molar-refractivity contribution in [3.05, 3.63) is 70.8 Å². The molecule has 0 spiro atoms. The van der Waals surface area contributed by atoms with Crippen LogP contribution in [0.25, 0.3) is 0 Å². The number of hydrogen-bond donors (Lipinski definition) is 1. The van der Waals surface area contributed by atoms with Gasteiger partial charge >= 0.3 is 6.18 Å². The molecule has 0 aromatic heterocycles. The molecule has 2 N–H and O–H groups in total. The smallest absolute Gasteiger partial charge is 0.324 e. The molecule has 2 aromatic carbocycles. The summed E-state index contributed by atoms with van der Waals surface area (Å²) in [6.45, 7) is 0. The van der Waals surface area contributed by atoms with Crippen LogP contribution in [0.15, 0.2) is 42.5 Å². The number of rotatable bonds is 3. The highest BCUT2D eigenvalue weighted by molar-refractivity contribution is 5.28. The van der Waals surface area contributed by atoms with Crippen LogP contribution in [0.1, 0.15) is 22.7 Å². The van der Waals surface area contributed by atoms with Crippen LogP contribution in [0.5, 0.6) is 0 Å². The molecule has 6 heteroatoms. The topological polar surface area (TPSA) is 26.0 Å². The maximum absolute atomic E-state index is 13.6. The fourth-order valence-corrected chi connectivity index (χ4v) is 2.00. The van der Waals surface area contributed by atoms with E-state index in [0.717, 1.165) is 18.2 Å². The third-order valence-corrected chi connectivity index (χ3v) is 3.12. The van der Waals surface area contributed by atoms with Crippen LogP contribution < -0.4 is 5.73 Å². The van der Waals surface area contributed by atoms with Crippen LogP contribution in [0.3, 0.4) is 0 Å². The van der Waals surface area contributed by atoms with Crippen molar-refractivity contribution in [2.45, 2.75) is 18.6 Å². The molecular weight excluding hydrogens is 289 g/mol. The normalized spacial score (nSPS) is 13.2. The van der Waals surface area contributed by atoms with Gasteiger partial charge in [-0.25, -0.2) is 8.78 Å². The summed E-state index contributed by atoms with van der Waals surface area (Å²) in [6, 6.07) is 7.25. The Morgan fingerprint density at radius 1 is 0.952 bits per heavy atom. The number of hydrogen-bond acceptors (Lipinski definition) is 1.